The van der Waals surface area contributed by atoms with E-state index in [1.807, 2.05) is 31.2 Å². The zero-order valence-electron chi connectivity index (χ0n) is 16.7. The maximum Gasteiger partial charge on any atom is 0.336 e. The molecule has 7 heteroatoms. The second-order valence-electron chi connectivity index (χ2n) is 7.53. The molecule has 1 N–H and O–H groups in total. The van der Waals surface area contributed by atoms with Gasteiger partial charge in [-0.25, -0.2) is 4.79 Å². The van der Waals surface area contributed by atoms with Crippen molar-refractivity contribution in [3.05, 3.63) is 69.6 Å². The molecule has 1 atom stereocenters. The highest BCUT2D eigenvalue weighted by atomic mass is 16.5. The fraction of sp³-hybridized carbons (Fsp3) is 0.261. The lowest BCUT2D eigenvalue weighted by molar-refractivity contribution is -0.149. The normalized spacial score (nSPS) is 16.3. The lowest BCUT2D eigenvalue weighted by Crippen LogP contribution is -2.26. The standard InChI is InChI=1S/C23H21NO6/c1-13-3-5-17(6-4-13)24-11-15(9-20(24)26)23(28)29-12-16-10-21(27)30-22-14(2)19(25)8-7-18(16)22/h3-8,10,15,25H,9,11-12H2,1-2H3/t15-/m1/s1. The van der Waals surface area contributed by atoms with Gasteiger partial charge < -0.3 is 19.2 Å². The highest BCUT2D eigenvalue weighted by Crippen LogP contribution is 2.29. The van der Waals surface area contributed by atoms with Crippen LogP contribution in [0.25, 0.3) is 11.0 Å². The van der Waals surface area contributed by atoms with Gasteiger partial charge in [0.1, 0.15) is 17.9 Å². The van der Waals surface area contributed by atoms with Crippen LogP contribution in [0, 0.1) is 19.8 Å². The Balaban J connectivity index is 1.49. The predicted octanol–water partition coefficient (Wildman–Crippen LogP) is 3.21. The van der Waals surface area contributed by atoms with E-state index in [1.165, 1.54) is 12.1 Å². The number of benzene rings is 2. The van der Waals surface area contributed by atoms with Crippen LogP contribution in [-0.2, 0) is 20.9 Å². The average molecular weight is 407 g/mol. The van der Waals surface area contributed by atoms with Crippen molar-refractivity contribution in [3.8, 4) is 5.75 Å². The van der Waals surface area contributed by atoms with E-state index in [9.17, 15) is 19.5 Å². The van der Waals surface area contributed by atoms with E-state index in [2.05, 4.69) is 0 Å². The number of phenols is 1. The highest BCUT2D eigenvalue weighted by molar-refractivity contribution is 5.99. The number of esters is 1. The van der Waals surface area contributed by atoms with Gasteiger partial charge in [0, 0.05) is 41.2 Å². The lowest BCUT2D eigenvalue weighted by Gasteiger charge is -2.17. The van der Waals surface area contributed by atoms with Gasteiger partial charge in [-0.15, -0.1) is 0 Å². The minimum atomic E-state index is -0.594. The van der Waals surface area contributed by atoms with E-state index >= 15 is 0 Å². The number of amides is 1. The van der Waals surface area contributed by atoms with Crippen LogP contribution in [0.3, 0.4) is 0 Å². The van der Waals surface area contributed by atoms with Crippen molar-refractivity contribution < 1.29 is 23.8 Å². The van der Waals surface area contributed by atoms with Crippen molar-refractivity contribution in [2.24, 2.45) is 5.92 Å². The first-order valence-electron chi connectivity index (χ1n) is 9.62. The molecule has 4 rings (SSSR count). The molecule has 1 aliphatic heterocycles. The molecule has 1 fully saturated rings. The Labute approximate surface area is 172 Å². The summed E-state index contributed by atoms with van der Waals surface area (Å²) in [5.74, 6) is -1.18. The molecule has 0 bridgehead atoms. The molecule has 1 aromatic heterocycles. The molecule has 2 aromatic carbocycles. The maximum atomic E-state index is 12.6. The summed E-state index contributed by atoms with van der Waals surface area (Å²) < 4.78 is 10.6. The quantitative estimate of drug-likeness (QED) is 0.527. The van der Waals surface area contributed by atoms with Gasteiger partial charge in [0.25, 0.3) is 0 Å². The van der Waals surface area contributed by atoms with Gasteiger partial charge in [0.15, 0.2) is 0 Å². The van der Waals surface area contributed by atoms with E-state index in [1.54, 1.807) is 17.9 Å². The zero-order valence-corrected chi connectivity index (χ0v) is 16.7. The molecule has 1 amide bonds. The number of aromatic hydroxyl groups is 1. The van der Waals surface area contributed by atoms with Crippen molar-refractivity contribution >= 4 is 28.5 Å². The Bertz CT molecular complexity index is 1190. The van der Waals surface area contributed by atoms with E-state index < -0.39 is 17.5 Å². The van der Waals surface area contributed by atoms with Gasteiger partial charge >= 0.3 is 11.6 Å². The third-order valence-electron chi connectivity index (χ3n) is 5.39. The summed E-state index contributed by atoms with van der Waals surface area (Å²) in [5.41, 5.74) is 2.43. The van der Waals surface area contributed by atoms with Crippen molar-refractivity contribution in [2.75, 3.05) is 11.4 Å². The van der Waals surface area contributed by atoms with Crippen molar-refractivity contribution in [1.82, 2.24) is 0 Å². The van der Waals surface area contributed by atoms with Crippen LogP contribution < -0.4 is 10.5 Å². The minimum Gasteiger partial charge on any atom is -0.508 e. The number of anilines is 1. The highest BCUT2D eigenvalue weighted by Gasteiger charge is 2.36. The number of phenolic OH excluding ortho intramolecular Hbond substituents is 1. The summed E-state index contributed by atoms with van der Waals surface area (Å²) in [6.45, 7) is 3.73. The fourth-order valence-corrected chi connectivity index (χ4v) is 3.64. The predicted molar refractivity (Wildman–Crippen MR) is 110 cm³/mol. The van der Waals surface area contributed by atoms with Crippen LogP contribution in [0.1, 0.15) is 23.1 Å². The Kier molecular flexibility index (Phi) is 5.03. The molecule has 0 saturated carbocycles. The van der Waals surface area contributed by atoms with Gasteiger partial charge in [0.2, 0.25) is 5.91 Å². The zero-order chi connectivity index (χ0) is 21.4. The molecule has 0 spiro atoms. The Morgan fingerprint density at radius 3 is 2.63 bits per heavy atom. The van der Waals surface area contributed by atoms with Crippen LogP contribution in [0.5, 0.6) is 5.75 Å². The average Bonchev–Trinajstić information content (AvgIpc) is 3.11. The van der Waals surface area contributed by atoms with Crippen molar-refractivity contribution in [3.63, 3.8) is 0 Å². The number of aryl methyl sites for hydroxylation is 2. The number of rotatable bonds is 4. The summed E-state index contributed by atoms with van der Waals surface area (Å²) in [7, 11) is 0. The monoisotopic (exact) mass is 407 g/mol. The van der Waals surface area contributed by atoms with Gasteiger partial charge in [0.05, 0.1) is 5.92 Å². The van der Waals surface area contributed by atoms with Gasteiger partial charge in [-0.2, -0.15) is 0 Å². The molecule has 0 radical (unpaired) electrons. The van der Waals surface area contributed by atoms with E-state index in [0.29, 0.717) is 16.5 Å². The topological polar surface area (TPSA) is 97.1 Å². The van der Waals surface area contributed by atoms with Crippen LogP contribution in [0.4, 0.5) is 5.69 Å². The summed E-state index contributed by atoms with van der Waals surface area (Å²) in [5, 5.41) is 10.4. The molecule has 2 heterocycles. The minimum absolute atomic E-state index is 0.0143. The van der Waals surface area contributed by atoms with Crippen molar-refractivity contribution in [2.45, 2.75) is 26.9 Å². The van der Waals surface area contributed by atoms with Crippen molar-refractivity contribution in [1.29, 1.82) is 0 Å². The second-order valence-corrected chi connectivity index (χ2v) is 7.53. The number of fused-ring (bicyclic) bond motifs is 1. The van der Waals surface area contributed by atoms with Crippen LogP contribution in [0.2, 0.25) is 0 Å². The van der Waals surface area contributed by atoms with Crippen LogP contribution in [0.15, 0.2) is 51.7 Å². The first kappa shape index (κ1) is 19.7. The lowest BCUT2D eigenvalue weighted by atomic mass is 10.1. The number of carbonyl (C=O) groups is 2. The van der Waals surface area contributed by atoms with E-state index in [-0.39, 0.29) is 36.8 Å². The summed E-state index contributed by atoms with van der Waals surface area (Å²) in [6.07, 6.45) is 0.0807. The number of carbonyl (C=O) groups excluding carboxylic acids is 2. The Morgan fingerprint density at radius 1 is 1.17 bits per heavy atom. The molecule has 1 aliphatic rings. The molecular weight excluding hydrogens is 386 g/mol. The largest absolute Gasteiger partial charge is 0.508 e. The molecule has 1 saturated heterocycles. The Morgan fingerprint density at radius 2 is 1.90 bits per heavy atom. The summed E-state index contributed by atoms with van der Waals surface area (Å²) >= 11 is 0. The molecule has 7 nitrogen and oxygen atoms in total. The SMILES string of the molecule is Cc1ccc(N2C[C@H](C(=O)OCc3cc(=O)oc4c(C)c(O)ccc34)CC2=O)cc1. The first-order valence-corrected chi connectivity index (χ1v) is 9.62. The van der Waals surface area contributed by atoms with Gasteiger partial charge in [-0.05, 0) is 38.1 Å². The number of hydrogen-bond donors (Lipinski definition) is 1. The fourth-order valence-electron chi connectivity index (χ4n) is 3.64. The Hall–Kier alpha value is -3.61. The van der Waals surface area contributed by atoms with E-state index in [0.717, 1.165) is 11.3 Å². The summed E-state index contributed by atoms with van der Waals surface area (Å²) in [6, 6.07) is 11.9. The number of nitrogens with zero attached hydrogens (tertiary/aromatic N) is 1. The van der Waals surface area contributed by atoms with Crippen LogP contribution >= 0.6 is 0 Å². The number of ether oxygens (including phenoxy) is 1. The summed E-state index contributed by atoms with van der Waals surface area (Å²) in [4.78, 5) is 38.5. The van der Waals surface area contributed by atoms with Gasteiger partial charge in [-0.1, -0.05) is 17.7 Å². The molecule has 30 heavy (non-hydrogen) atoms. The molecular formula is C23H21NO6. The maximum absolute atomic E-state index is 12.6. The van der Waals surface area contributed by atoms with Gasteiger partial charge in [-0.3, -0.25) is 9.59 Å². The third-order valence-corrected chi connectivity index (χ3v) is 5.39. The van der Waals surface area contributed by atoms with Crippen LogP contribution in [-0.4, -0.2) is 23.5 Å². The second kappa shape index (κ2) is 7.67. The van der Waals surface area contributed by atoms with E-state index in [4.69, 9.17) is 9.15 Å². The third kappa shape index (κ3) is 3.66. The smallest absolute Gasteiger partial charge is 0.336 e. The number of hydrogen-bond acceptors (Lipinski definition) is 6. The molecule has 154 valence electrons. The molecule has 3 aromatic rings. The first-order chi connectivity index (χ1) is 14.3. The molecule has 0 unspecified atom stereocenters. The molecule has 0 aliphatic carbocycles.